The SMILES string of the molecule is CCN1CC[C@@H](COC(=O)Nc2ccccc2-c2cccc(C)c2)C1. The van der Waals surface area contributed by atoms with E-state index in [1.165, 1.54) is 5.56 Å². The molecule has 1 amide bonds. The van der Waals surface area contributed by atoms with Crippen molar-refractivity contribution in [3.8, 4) is 11.1 Å². The standard InChI is InChI=1S/C21H26N2O2/c1-3-23-12-11-17(14-23)15-25-21(24)22-20-10-5-4-9-19(20)18-8-6-7-16(2)13-18/h4-10,13,17H,3,11-12,14-15H2,1-2H3,(H,22,24)/t17-/m1/s1. The molecule has 4 heteroatoms. The van der Waals surface area contributed by atoms with Crippen molar-refractivity contribution in [3.63, 3.8) is 0 Å². The zero-order chi connectivity index (χ0) is 17.6. The predicted molar refractivity (Wildman–Crippen MR) is 102 cm³/mol. The molecule has 0 bridgehead atoms. The molecule has 3 rings (SSSR count). The molecule has 1 aliphatic heterocycles. The molecule has 2 aromatic carbocycles. The minimum absolute atomic E-state index is 0.380. The number of hydrogen-bond donors (Lipinski definition) is 1. The Kier molecular flexibility index (Phi) is 5.71. The minimum Gasteiger partial charge on any atom is -0.449 e. The summed E-state index contributed by atoms with van der Waals surface area (Å²) in [6.45, 7) is 7.89. The smallest absolute Gasteiger partial charge is 0.411 e. The maximum absolute atomic E-state index is 12.2. The molecule has 132 valence electrons. The summed E-state index contributed by atoms with van der Waals surface area (Å²) in [7, 11) is 0. The molecule has 0 aliphatic carbocycles. The zero-order valence-corrected chi connectivity index (χ0v) is 15.0. The number of likely N-dealkylation sites (tertiary alicyclic amines) is 1. The van der Waals surface area contributed by atoms with Gasteiger partial charge < -0.3 is 9.64 Å². The van der Waals surface area contributed by atoms with Crippen molar-refractivity contribution < 1.29 is 9.53 Å². The summed E-state index contributed by atoms with van der Waals surface area (Å²) in [6, 6.07) is 16.1. The Balaban J connectivity index is 1.62. The molecule has 1 aliphatic rings. The average molecular weight is 338 g/mol. The van der Waals surface area contributed by atoms with E-state index >= 15 is 0 Å². The maximum Gasteiger partial charge on any atom is 0.411 e. The highest BCUT2D eigenvalue weighted by Gasteiger charge is 2.22. The number of carbonyl (C=O) groups excluding carboxylic acids is 1. The van der Waals surface area contributed by atoms with Crippen LogP contribution in [0.3, 0.4) is 0 Å². The highest BCUT2D eigenvalue weighted by molar-refractivity contribution is 5.91. The predicted octanol–water partition coefficient (Wildman–Crippen LogP) is 4.55. The van der Waals surface area contributed by atoms with Crippen molar-refractivity contribution in [1.29, 1.82) is 0 Å². The van der Waals surface area contributed by atoms with Crippen molar-refractivity contribution in [3.05, 3.63) is 54.1 Å². The van der Waals surface area contributed by atoms with Gasteiger partial charge in [-0.1, -0.05) is 55.0 Å². The average Bonchev–Trinajstić information content (AvgIpc) is 3.09. The van der Waals surface area contributed by atoms with Crippen molar-refractivity contribution in [2.75, 3.05) is 31.6 Å². The van der Waals surface area contributed by atoms with Crippen LogP contribution in [0.4, 0.5) is 10.5 Å². The Morgan fingerprint density at radius 3 is 2.84 bits per heavy atom. The van der Waals surface area contributed by atoms with Gasteiger partial charge in [0, 0.05) is 18.0 Å². The number of anilines is 1. The number of nitrogens with zero attached hydrogens (tertiary/aromatic N) is 1. The van der Waals surface area contributed by atoms with Crippen LogP contribution in [-0.2, 0) is 4.74 Å². The van der Waals surface area contributed by atoms with Gasteiger partial charge in [-0.05, 0) is 38.1 Å². The highest BCUT2D eigenvalue weighted by Crippen LogP contribution is 2.28. The van der Waals surface area contributed by atoms with E-state index in [4.69, 9.17) is 4.74 Å². The summed E-state index contributed by atoms with van der Waals surface area (Å²) < 4.78 is 5.46. The second-order valence-electron chi connectivity index (χ2n) is 6.69. The molecule has 2 aromatic rings. The number of benzene rings is 2. The fraction of sp³-hybridized carbons (Fsp3) is 0.381. The topological polar surface area (TPSA) is 41.6 Å². The van der Waals surface area contributed by atoms with Gasteiger partial charge in [-0.2, -0.15) is 0 Å². The first kappa shape index (κ1) is 17.5. The van der Waals surface area contributed by atoms with Gasteiger partial charge in [-0.3, -0.25) is 5.32 Å². The fourth-order valence-corrected chi connectivity index (χ4v) is 3.33. The van der Waals surface area contributed by atoms with Gasteiger partial charge in [0.2, 0.25) is 0 Å². The summed E-state index contributed by atoms with van der Waals surface area (Å²) >= 11 is 0. The van der Waals surface area contributed by atoms with E-state index in [9.17, 15) is 4.79 Å². The molecule has 1 atom stereocenters. The number of amides is 1. The van der Waals surface area contributed by atoms with Crippen LogP contribution in [0.5, 0.6) is 0 Å². The van der Waals surface area contributed by atoms with Gasteiger partial charge in [0.05, 0.1) is 12.3 Å². The Morgan fingerprint density at radius 2 is 2.08 bits per heavy atom. The summed E-state index contributed by atoms with van der Waals surface area (Å²) in [6.07, 6.45) is 0.719. The van der Waals surface area contributed by atoms with Crippen LogP contribution in [0.15, 0.2) is 48.5 Å². The molecule has 0 aromatic heterocycles. The Hall–Kier alpha value is -2.33. The maximum atomic E-state index is 12.2. The van der Waals surface area contributed by atoms with Gasteiger partial charge in [-0.15, -0.1) is 0 Å². The van der Waals surface area contributed by atoms with Crippen molar-refractivity contribution in [2.24, 2.45) is 5.92 Å². The van der Waals surface area contributed by atoms with Crippen LogP contribution in [0, 0.1) is 12.8 Å². The molecule has 4 nitrogen and oxygen atoms in total. The van der Waals surface area contributed by atoms with E-state index in [-0.39, 0.29) is 6.09 Å². The van der Waals surface area contributed by atoms with Crippen LogP contribution in [0.25, 0.3) is 11.1 Å². The monoisotopic (exact) mass is 338 g/mol. The van der Waals surface area contributed by atoms with Crippen LogP contribution < -0.4 is 5.32 Å². The van der Waals surface area contributed by atoms with E-state index in [0.717, 1.165) is 42.9 Å². The first-order valence-corrected chi connectivity index (χ1v) is 8.98. The molecule has 1 heterocycles. The number of aryl methyl sites for hydroxylation is 1. The second-order valence-corrected chi connectivity index (χ2v) is 6.69. The molecule has 0 saturated carbocycles. The number of hydrogen-bond acceptors (Lipinski definition) is 3. The first-order valence-electron chi connectivity index (χ1n) is 8.98. The third-order valence-corrected chi connectivity index (χ3v) is 4.76. The van der Waals surface area contributed by atoms with Gasteiger partial charge >= 0.3 is 6.09 Å². The Labute approximate surface area is 149 Å². The van der Waals surface area contributed by atoms with E-state index in [0.29, 0.717) is 12.5 Å². The van der Waals surface area contributed by atoms with Gasteiger partial charge in [0.1, 0.15) is 0 Å². The van der Waals surface area contributed by atoms with Crippen molar-refractivity contribution in [1.82, 2.24) is 4.90 Å². The van der Waals surface area contributed by atoms with Gasteiger partial charge in [0.15, 0.2) is 0 Å². The fourth-order valence-electron chi connectivity index (χ4n) is 3.33. The molecule has 1 fully saturated rings. The second kappa shape index (κ2) is 8.17. The number of para-hydroxylation sites is 1. The van der Waals surface area contributed by atoms with Crippen LogP contribution in [0.2, 0.25) is 0 Å². The summed E-state index contributed by atoms with van der Waals surface area (Å²) in [4.78, 5) is 14.6. The summed E-state index contributed by atoms with van der Waals surface area (Å²) in [5, 5.41) is 2.90. The van der Waals surface area contributed by atoms with Gasteiger partial charge in [0.25, 0.3) is 0 Å². The summed E-state index contributed by atoms with van der Waals surface area (Å²) in [5.41, 5.74) is 4.06. The lowest BCUT2D eigenvalue weighted by Crippen LogP contribution is -2.23. The van der Waals surface area contributed by atoms with Crippen LogP contribution >= 0.6 is 0 Å². The third-order valence-electron chi connectivity index (χ3n) is 4.76. The number of carbonyl (C=O) groups is 1. The molecule has 1 saturated heterocycles. The number of ether oxygens (including phenoxy) is 1. The molecule has 0 spiro atoms. The van der Waals surface area contributed by atoms with E-state index in [2.05, 4.69) is 42.3 Å². The number of rotatable bonds is 5. The molecular formula is C21H26N2O2. The Bertz CT molecular complexity index is 729. The molecule has 25 heavy (non-hydrogen) atoms. The lowest BCUT2D eigenvalue weighted by Gasteiger charge is -2.15. The van der Waals surface area contributed by atoms with E-state index in [1.807, 2.05) is 30.3 Å². The normalized spacial score (nSPS) is 17.4. The largest absolute Gasteiger partial charge is 0.449 e. The van der Waals surface area contributed by atoms with Crippen LogP contribution in [-0.4, -0.2) is 37.2 Å². The molecular weight excluding hydrogens is 312 g/mol. The molecule has 1 N–H and O–H groups in total. The first-order chi connectivity index (χ1) is 12.2. The highest BCUT2D eigenvalue weighted by atomic mass is 16.5. The van der Waals surface area contributed by atoms with E-state index < -0.39 is 0 Å². The molecule has 0 radical (unpaired) electrons. The number of nitrogens with one attached hydrogen (secondary N) is 1. The third kappa shape index (κ3) is 4.60. The lowest BCUT2D eigenvalue weighted by atomic mass is 10.0. The quantitative estimate of drug-likeness (QED) is 0.869. The summed E-state index contributed by atoms with van der Waals surface area (Å²) in [5.74, 6) is 0.442. The van der Waals surface area contributed by atoms with Crippen LogP contribution in [0.1, 0.15) is 18.9 Å². The van der Waals surface area contributed by atoms with E-state index in [1.54, 1.807) is 0 Å². The zero-order valence-electron chi connectivity index (χ0n) is 15.0. The lowest BCUT2D eigenvalue weighted by molar-refractivity contribution is 0.141. The van der Waals surface area contributed by atoms with Gasteiger partial charge in [-0.25, -0.2) is 4.79 Å². The minimum atomic E-state index is -0.380. The Morgan fingerprint density at radius 1 is 1.24 bits per heavy atom. The van der Waals surface area contributed by atoms with Crippen molar-refractivity contribution >= 4 is 11.8 Å². The molecule has 0 unspecified atom stereocenters. The van der Waals surface area contributed by atoms with Crippen molar-refractivity contribution in [2.45, 2.75) is 20.3 Å².